The normalized spacial score (nSPS) is 14.1. The van der Waals surface area contributed by atoms with Crippen LogP contribution in [0.2, 0.25) is 0 Å². The number of carbonyl (C=O) groups excluding carboxylic acids is 1. The predicted molar refractivity (Wildman–Crippen MR) is 109 cm³/mol. The molecule has 7 heteroatoms. The number of anilines is 1. The highest BCUT2D eigenvalue weighted by Gasteiger charge is 2.23. The van der Waals surface area contributed by atoms with Crippen LogP contribution in [0.4, 0.5) is 5.95 Å². The maximum Gasteiger partial charge on any atom is 0.260 e. The molecule has 0 aliphatic carbocycles. The standard InChI is InChI=1S/C20H22N4O2.ClH/c1-22-9-8-21-20(22)24-12-10-23(11-13-24)19(25)15-26-18-7-6-16-4-2-3-5-17(16)14-18;/h2-9,14H,10-13,15H2,1H3;1H. The molecule has 0 bridgehead atoms. The maximum atomic E-state index is 12.5. The Hall–Kier alpha value is -2.73. The van der Waals surface area contributed by atoms with E-state index in [-0.39, 0.29) is 24.9 Å². The summed E-state index contributed by atoms with van der Waals surface area (Å²) in [5.41, 5.74) is 0. The first-order valence-corrected chi connectivity index (χ1v) is 8.82. The Bertz CT molecular complexity index is 919. The fourth-order valence-corrected chi connectivity index (χ4v) is 3.31. The molecule has 3 aromatic rings. The Morgan fingerprint density at radius 3 is 2.52 bits per heavy atom. The SMILES string of the molecule is Cl.Cn1ccnc1N1CCN(C(=O)COc2ccc3ccccc3c2)CC1. The number of halogens is 1. The first kappa shape index (κ1) is 19.0. The van der Waals surface area contributed by atoms with Gasteiger partial charge in [0, 0.05) is 45.6 Å². The van der Waals surface area contributed by atoms with Crippen LogP contribution in [0.25, 0.3) is 10.8 Å². The van der Waals surface area contributed by atoms with Crippen molar-refractivity contribution in [3.8, 4) is 5.75 Å². The van der Waals surface area contributed by atoms with Crippen LogP contribution in [0.3, 0.4) is 0 Å². The molecular weight excluding hydrogens is 364 g/mol. The van der Waals surface area contributed by atoms with E-state index in [9.17, 15) is 4.79 Å². The number of benzene rings is 2. The van der Waals surface area contributed by atoms with Gasteiger partial charge in [0.1, 0.15) is 5.75 Å². The summed E-state index contributed by atoms with van der Waals surface area (Å²) < 4.78 is 7.73. The van der Waals surface area contributed by atoms with Crippen LogP contribution in [0.5, 0.6) is 5.75 Å². The van der Waals surface area contributed by atoms with E-state index in [2.05, 4.69) is 16.0 Å². The number of ether oxygens (including phenoxy) is 1. The number of hydrogen-bond acceptors (Lipinski definition) is 4. The van der Waals surface area contributed by atoms with Crippen molar-refractivity contribution in [3.63, 3.8) is 0 Å². The molecule has 1 aliphatic rings. The summed E-state index contributed by atoms with van der Waals surface area (Å²) >= 11 is 0. The van der Waals surface area contributed by atoms with Gasteiger partial charge in [0.2, 0.25) is 5.95 Å². The van der Waals surface area contributed by atoms with Crippen LogP contribution in [0.1, 0.15) is 0 Å². The van der Waals surface area contributed by atoms with Crippen molar-refractivity contribution in [1.82, 2.24) is 14.5 Å². The van der Waals surface area contributed by atoms with E-state index in [0.29, 0.717) is 13.1 Å². The number of aryl methyl sites for hydroxylation is 1. The smallest absolute Gasteiger partial charge is 0.260 e. The fraction of sp³-hybridized carbons (Fsp3) is 0.300. The molecule has 0 spiro atoms. The van der Waals surface area contributed by atoms with Crippen LogP contribution in [0.15, 0.2) is 54.9 Å². The third-order valence-corrected chi connectivity index (χ3v) is 4.79. The van der Waals surface area contributed by atoms with Gasteiger partial charge >= 0.3 is 0 Å². The van der Waals surface area contributed by atoms with Gasteiger partial charge < -0.3 is 19.1 Å². The van der Waals surface area contributed by atoms with Crippen LogP contribution in [-0.2, 0) is 11.8 Å². The predicted octanol–water partition coefficient (Wildman–Crippen LogP) is 2.72. The summed E-state index contributed by atoms with van der Waals surface area (Å²) in [7, 11) is 1.98. The van der Waals surface area contributed by atoms with Crippen molar-refractivity contribution in [2.45, 2.75) is 0 Å². The van der Waals surface area contributed by atoms with Gasteiger partial charge in [-0.25, -0.2) is 4.98 Å². The Morgan fingerprint density at radius 2 is 1.81 bits per heavy atom. The lowest BCUT2D eigenvalue weighted by Gasteiger charge is -2.35. The summed E-state index contributed by atoms with van der Waals surface area (Å²) in [4.78, 5) is 20.9. The fourth-order valence-electron chi connectivity index (χ4n) is 3.31. The molecule has 0 atom stereocenters. The van der Waals surface area contributed by atoms with Gasteiger partial charge in [0.05, 0.1) is 0 Å². The van der Waals surface area contributed by atoms with Gasteiger partial charge in [0.15, 0.2) is 6.61 Å². The van der Waals surface area contributed by atoms with Gasteiger partial charge in [-0.3, -0.25) is 4.79 Å². The molecule has 1 saturated heterocycles. The summed E-state index contributed by atoms with van der Waals surface area (Å²) in [6, 6.07) is 14.0. The summed E-state index contributed by atoms with van der Waals surface area (Å²) in [5, 5.41) is 2.28. The van der Waals surface area contributed by atoms with Crippen LogP contribution >= 0.6 is 12.4 Å². The zero-order chi connectivity index (χ0) is 17.9. The first-order valence-electron chi connectivity index (χ1n) is 8.82. The molecule has 0 saturated carbocycles. The zero-order valence-electron chi connectivity index (χ0n) is 15.2. The van der Waals surface area contributed by atoms with Crippen molar-refractivity contribution >= 4 is 35.0 Å². The third kappa shape index (κ3) is 4.17. The minimum atomic E-state index is 0. The molecule has 1 aliphatic heterocycles. The van der Waals surface area contributed by atoms with Crippen molar-refractivity contribution in [2.24, 2.45) is 7.05 Å². The molecule has 2 aromatic carbocycles. The minimum absolute atomic E-state index is 0. The van der Waals surface area contributed by atoms with Gasteiger partial charge in [-0.05, 0) is 22.9 Å². The molecule has 1 amide bonds. The molecule has 0 N–H and O–H groups in total. The molecule has 0 radical (unpaired) electrons. The van der Waals surface area contributed by atoms with E-state index in [1.807, 2.05) is 59.1 Å². The average Bonchev–Trinajstić information content (AvgIpc) is 3.12. The second-order valence-corrected chi connectivity index (χ2v) is 6.50. The highest BCUT2D eigenvalue weighted by Crippen LogP contribution is 2.20. The largest absolute Gasteiger partial charge is 0.484 e. The number of amides is 1. The number of nitrogens with zero attached hydrogens (tertiary/aromatic N) is 4. The molecular formula is C20H23ClN4O2. The molecule has 142 valence electrons. The van der Waals surface area contributed by atoms with Crippen molar-refractivity contribution in [2.75, 3.05) is 37.7 Å². The highest BCUT2D eigenvalue weighted by atomic mass is 35.5. The Labute approximate surface area is 164 Å². The molecule has 27 heavy (non-hydrogen) atoms. The lowest BCUT2D eigenvalue weighted by atomic mass is 10.1. The molecule has 4 rings (SSSR count). The Morgan fingerprint density at radius 1 is 1.07 bits per heavy atom. The first-order chi connectivity index (χ1) is 12.7. The van der Waals surface area contributed by atoms with Gasteiger partial charge in [-0.2, -0.15) is 0 Å². The van der Waals surface area contributed by atoms with E-state index in [1.165, 1.54) is 0 Å². The zero-order valence-corrected chi connectivity index (χ0v) is 16.1. The lowest BCUT2D eigenvalue weighted by molar-refractivity contribution is -0.133. The van der Waals surface area contributed by atoms with Gasteiger partial charge in [-0.1, -0.05) is 30.3 Å². The van der Waals surface area contributed by atoms with Crippen LogP contribution < -0.4 is 9.64 Å². The van der Waals surface area contributed by atoms with Crippen molar-refractivity contribution < 1.29 is 9.53 Å². The number of imidazole rings is 1. The van der Waals surface area contributed by atoms with E-state index in [1.54, 1.807) is 6.20 Å². The molecule has 6 nitrogen and oxygen atoms in total. The number of piperazine rings is 1. The molecule has 2 heterocycles. The van der Waals surface area contributed by atoms with Crippen molar-refractivity contribution in [3.05, 3.63) is 54.9 Å². The highest BCUT2D eigenvalue weighted by molar-refractivity contribution is 5.85. The number of fused-ring (bicyclic) bond motifs is 1. The third-order valence-electron chi connectivity index (χ3n) is 4.79. The lowest BCUT2D eigenvalue weighted by Crippen LogP contribution is -2.50. The summed E-state index contributed by atoms with van der Waals surface area (Å²) in [5.74, 6) is 1.70. The van der Waals surface area contributed by atoms with E-state index in [4.69, 9.17) is 4.74 Å². The minimum Gasteiger partial charge on any atom is -0.484 e. The number of hydrogen-bond donors (Lipinski definition) is 0. The van der Waals surface area contributed by atoms with Crippen LogP contribution in [0, 0.1) is 0 Å². The van der Waals surface area contributed by atoms with Gasteiger partial charge in [-0.15, -0.1) is 12.4 Å². The monoisotopic (exact) mass is 386 g/mol. The van der Waals surface area contributed by atoms with Gasteiger partial charge in [0.25, 0.3) is 5.91 Å². The van der Waals surface area contributed by atoms with E-state index >= 15 is 0 Å². The summed E-state index contributed by atoms with van der Waals surface area (Å²) in [6.45, 7) is 3.01. The Kier molecular flexibility index (Phi) is 5.86. The van der Waals surface area contributed by atoms with E-state index < -0.39 is 0 Å². The molecule has 1 aromatic heterocycles. The summed E-state index contributed by atoms with van der Waals surface area (Å²) in [6.07, 6.45) is 3.73. The quantitative estimate of drug-likeness (QED) is 0.691. The van der Waals surface area contributed by atoms with E-state index in [0.717, 1.165) is 35.6 Å². The topological polar surface area (TPSA) is 50.6 Å². The second-order valence-electron chi connectivity index (χ2n) is 6.50. The van der Waals surface area contributed by atoms with Crippen LogP contribution in [-0.4, -0.2) is 53.1 Å². The average molecular weight is 387 g/mol. The van der Waals surface area contributed by atoms with Crippen molar-refractivity contribution in [1.29, 1.82) is 0 Å². The number of carbonyl (C=O) groups is 1. The molecule has 0 unspecified atom stereocenters. The second kappa shape index (κ2) is 8.31. The number of aromatic nitrogens is 2. The molecule has 1 fully saturated rings. The maximum absolute atomic E-state index is 12.5. The Balaban J connectivity index is 0.00000210. The number of rotatable bonds is 4.